The lowest BCUT2D eigenvalue weighted by Gasteiger charge is -2.22. The summed E-state index contributed by atoms with van der Waals surface area (Å²) in [4.78, 5) is 6.56. The third-order valence-corrected chi connectivity index (χ3v) is 4.60. The molecule has 0 amide bonds. The summed E-state index contributed by atoms with van der Waals surface area (Å²) >= 11 is 6.40. The highest BCUT2D eigenvalue weighted by molar-refractivity contribution is 6.32. The van der Waals surface area contributed by atoms with Crippen molar-refractivity contribution in [2.24, 2.45) is 0 Å². The Kier molecular flexibility index (Phi) is 7.12. The molecule has 0 N–H and O–H groups in total. The van der Waals surface area contributed by atoms with Gasteiger partial charge in [-0.15, -0.1) is 0 Å². The second kappa shape index (κ2) is 9.76. The van der Waals surface area contributed by atoms with Gasteiger partial charge < -0.3 is 14.2 Å². The molecule has 0 saturated heterocycles. The van der Waals surface area contributed by atoms with Gasteiger partial charge >= 0.3 is 0 Å². The van der Waals surface area contributed by atoms with Crippen molar-refractivity contribution in [3.05, 3.63) is 52.8 Å². The summed E-state index contributed by atoms with van der Waals surface area (Å²) in [6.45, 7) is 4.60. The van der Waals surface area contributed by atoms with Crippen LogP contribution in [0.1, 0.15) is 17.5 Å². The number of ether oxygens (including phenoxy) is 3. The Hall–Kier alpha value is -1.82. The number of hydrogen-bond acceptors (Lipinski definition) is 5. The minimum atomic E-state index is 0.620. The fourth-order valence-electron chi connectivity index (χ4n) is 2.96. The second-order valence-corrected chi connectivity index (χ2v) is 6.74. The molecule has 0 atom stereocenters. The zero-order valence-electron chi connectivity index (χ0n) is 15.1. The van der Waals surface area contributed by atoms with Gasteiger partial charge in [0.05, 0.1) is 24.8 Å². The lowest BCUT2D eigenvalue weighted by Crippen LogP contribution is -2.29. The molecule has 1 aromatic heterocycles. The number of nitrogens with zero attached hydrogens (tertiary/aromatic N) is 2. The van der Waals surface area contributed by atoms with Crippen LogP contribution in [-0.4, -0.2) is 49.9 Å². The number of benzene rings is 1. The van der Waals surface area contributed by atoms with E-state index in [1.807, 2.05) is 24.4 Å². The van der Waals surface area contributed by atoms with Gasteiger partial charge in [-0.05, 0) is 35.7 Å². The minimum absolute atomic E-state index is 0.620. The largest absolute Gasteiger partial charge is 0.489 e. The van der Waals surface area contributed by atoms with Gasteiger partial charge in [-0.2, -0.15) is 0 Å². The fraction of sp³-hybridized carbons (Fsp3) is 0.450. The van der Waals surface area contributed by atoms with Crippen molar-refractivity contribution in [1.82, 2.24) is 9.88 Å². The number of rotatable bonds is 8. The number of fused-ring (bicyclic) bond motifs is 1. The highest BCUT2D eigenvalue weighted by atomic mass is 35.5. The molecule has 5 nitrogen and oxygen atoms in total. The van der Waals surface area contributed by atoms with Gasteiger partial charge in [-0.25, -0.2) is 0 Å². The van der Waals surface area contributed by atoms with Crippen LogP contribution >= 0.6 is 11.6 Å². The van der Waals surface area contributed by atoms with Gasteiger partial charge in [0.2, 0.25) is 0 Å². The van der Waals surface area contributed by atoms with Crippen molar-refractivity contribution in [2.45, 2.75) is 19.4 Å². The van der Waals surface area contributed by atoms with E-state index in [-0.39, 0.29) is 0 Å². The maximum Gasteiger partial charge on any atom is 0.179 e. The highest BCUT2D eigenvalue weighted by Gasteiger charge is 2.16. The average Bonchev–Trinajstić information content (AvgIpc) is 2.90. The van der Waals surface area contributed by atoms with Crippen LogP contribution in [0.4, 0.5) is 0 Å². The summed E-state index contributed by atoms with van der Waals surface area (Å²) < 4.78 is 16.7. The van der Waals surface area contributed by atoms with Crippen LogP contribution in [0.5, 0.6) is 11.5 Å². The summed E-state index contributed by atoms with van der Waals surface area (Å²) in [7, 11) is 1.73. The number of pyridine rings is 1. The van der Waals surface area contributed by atoms with E-state index in [4.69, 9.17) is 25.8 Å². The summed E-state index contributed by atoms with van der Waals surface area (Å²) in [6.07, 6.45) is 5.45. The summed E-state index contributed by atoms with van der Waals surface area (Å²) in [5, 5.41) is 0.620. The van der Waals surface area contributed by atoms with E-state index in [1.165, 1.54) is 5.56 Å². The molecule has 2 aromatic rings. The van der Waals surface area contributed by atoms with Gasteiger partial charge in [-0.3, -0.25) is 9.88 Å². The Labute approximate surface area is 159 Å². The van der Waals surface area contributed by atoms with Crippen LogP contribution < -0.4 is 9.47 Å². The highest BCUT2D eigenvalue weighted by Crippen LogP contribution is 2.38. The van der Waals surface area contributed by atoms with Crippen molar-refractivity contribution in [1.29, 1.82) is 0 Å². The van der Waals surface area contributed by atoms with Crippen LogP contribution in [0.3, 0.4) is 0 Å². The Balaban J connectivity index is 1.66. The monoisotopic (exact) mass is 376 g/mol. The zero-order valence-corrected chi connectivity index (χ0v) is 15.9. The van der Waals surface area contributed by atoms with E-state index in [0.29, 0.717) is 30.6 Å². The molecular weight excluding hydrogens is 352 g/mol. The molecule has 1 aromatic carbocycles. The summed E-state index contributed by atoms with van der Waals surface area (Å²) in [5.74, 6) is 1.42. The smallest absolute Gasteiger partial charge is 0.179 e. The van der Waals surface area contributed by atoms with Gasteiger partial charge in [0, 0.05) is 45.6 Å². The quantitative estimate of drug-likeness (QED) is 0.704. The van der Waals surface area contributed by atoms with Gasteiger partial charge in [0.25, 0.3) is 0 Å². The van der Waals surface area contributed by atoms with Crippen LogP contribution in [-0.2, 0) is 17.7 Å². The van der Waals surface area contributed by atoms with Gasteiger partial charge in [-0.1, -0.05) is 17.7 Å². The minimum Gasteiger partial charge on any atom is -0.489 e. The van der Waals surface area contributed by atoms with Crippen LogP contribution in [0, 0.1) is 0 Å². The first-order chi connectivity index (χ1) is 12.8. The maximum absolute atomic E-state index is 6.40. The molecule has 0 radical (unpaired) electrons. The zero-order chi connectivity index (χ0) is 18.2. The predicted molar refractivity (Wildman–Crippen MR) is 102 cm³/mol. The second-order valence-electron chi connectivity index (χ2n) is 6.34. The normalized spacial score (nSPS) is 13.7. The van der Waals surface area contributed by atoms with E-state index in [0.717, 1.165) is 43.8 Å². The molecule has 1 aliphatic heterocycles. The first-order valence-corrected chi connectivity index (χ1v) is 9.32. The number of halogens is 1. The lowest BCUT2D eigenvalue weighted by molar-refractivity contribution is 0.144. The topological polar surface area (TPSA) is 43.8 Å². The van der Waals surface area contributed by atoms with Crippen molar-refractivity contribution in [3.63, 3.8) is 0 Å². The molecule has 0 unspecified atom stereocenters. The maximum atomic E-state index is 6.40. The number of aromatic nitrogens is 1. The lowest BCUT2D eigenvalue weighted by atomic mass is 10.1. The molecule has 0 fully saturated rings. The van der Waals surface area contributed by atoms with E-state index in [1.54, 1.807) is 13.3 Å². The first kappa shape index (κ1) is 19.0. The van der Waals surface area contributed by atoms with Crippen molar-refractivity contribution >= 4 is 11.6 Å². The molecule has 26 heavy (non-hydrogen) atoms. The molecule has 0 aliphatic carbocycles. The first-order valence-electron chi connectivity index (χ1n) is 8.94. The Morgan fingerprint density at radius 2 is 2.08 bits per heavy atom. The SMILES string of the molecule is COCCN(CCc1cc(Cl)c2c(c1)OCCCO2)Cc1cccnc1. The predicted octanol–water partition coefficient (Wildman–Crippen LogP) is 3.59. The van der Waals surface area contributed by atoms with E-state index in [9.17, 15) is 0 Å². The third kappa shape index (κ3) is 5.34. The molecule has 0 saturated carbocycles. The van der Waals surface area contributed by atoms with Crippen LogP contribution in [0.15, 0.2) is 36.7 Å². The molecule has 2 heterocycles. The Morgan fingerprint density at radius 3 is 2.88 bits per heavy atom. The van der Waals surface area contributed by atoms with Crippen molar-refractivity contribution in [3.8, 4) is 11.5 Å². The van der Waals surface area contributed by atoms with Gasteiger partial charge in [0.15, 0.2) is 11.5 Å². The van der Waals surface area contributed by atoms with Crippen LogP contribution in [0.25, 0.3) is 0 Å². The van der Waals surface area contributed by atoms with Gasteiger partial charge in [0.1, 0.15) is 0 Å². The number of hydrogen-bond donors (Lipinski definition) is 0. The van der Waals surface area contributed by atoms with E-state index >= 15 is 0 Å². The molecule has 0 spiro atoms. The third-order valence-electron chi connectivity index (χ3n) is 4.32. The molecular formula is C20H25ClN2O3. The van der Waals surface area contributed by atoms with E-state index < -0.39 is 0 Å². The Bertz CT molecular complexity index is 697. The molecule has 0 bridgehead atoms. The Morgan fingerprint density at radius 1 is 1.19 bits per heavy atom. The summed E-state index contributed by atoms with van der Waals surface area (Å²) in [6, 6.07) is 8.09. The van der Waals surface area contributed by atoms with Crippen molar-refractivity contribution < 1.29 is 14.2 Å². The van der Waals surface area contributed by atoms with E-state index in [2.05, 4.69) is 16.0 Å². The molecule has 3 rings (SSSR count). The molecule has 6 heteroatoms. The summed E-state index contributed by atoms with van der Waals surface area (Å²) in [5.41, 5.74) is 2.34. The average molecular weight is 377 g/mol. The number of methoxy groups -OCH3 is 1. The standard InChI is InChI=1S/C20H25ClN2O3/c1-24-11-8-23(15-17-4-2-6-22-14-17)7-5-16-12-18(21)20-19(13-16)25-9-3-10-26-20/h2,4,6,12-14H,3,5,7-11,15H2,1H3. The fourth-order valence-corrected chi connectivity index (χ4v) is 3.24. The van der Waals surface area contributed by atoms with Crippen LogP contribution in [0.2, 0.25) is 5.02 Å². The molecule has 140 valence electrons. The molecule has 1 aliphatic rings. The van der Waals surface area contributed by atoms with Crippen molar-refractivity contribution in [2.75, 3.05) is 40.0 Å².